The lowest BCUT2D eigenvalue weighted by Gasteiger charge is -2.35. The van der Waals surface area contributed by atoms with E-state index >= 15 is 0 Å². The number of nitrogens with zero attached hydrogens (tertiary/aromatic N) is 3. The fraction of sp³-hybridized carbons (Fsp3) is 0.385. The number of ether oxygens (including phenoxy) is 1. The van der Waals surface area contributed by atoms with Crippen LogP contribution < -0.4 is 9.64 Å². The van der Waals surface area contributed by atoms with Gasteiger partial charge in [-0.25, -0.2) is 4.98 Å². The Bertz CT molecular complexity index is 1130. The summed E-state index contributed by atoms with van der Waals surface area (Å²) in [6.45, 7) is 13.4. The van der Waals surface area contributed by atoms with E-state index in [0.29, 0.717) is 13.1 Å². The van der Waals surface area contributed by atoms with E-state index < -0.39 is 0 Å². The van der Waals surface area contributed by atoms with Crippen LogP contribution in [0.4, 0.5) is 5.82 Å². The number of pyridine rings is 1. The van der Waals surface area contributed by atoms with Gasteiger partial charge in [0.1, 0.15) is 11.6 Å². The van der Waals surface area contributed by atoms with Crippen LogP contribution >= 0.6 is 0 Å². The first-order chi connectivity index (χ1) is 14.8. The Kier molecular flexibility index (Phi) is 5.86. The number of hydrogen-bond donors (Lipinski definition) is 0. The highest BCUT2D eigenvalue weighted by molar-refractivity contribution is 5.86. The van der Waals surface area contributed by atoms with E-state index in [1.807, 2.05) is 24.8 Å². The summed E-state index contributed by atoms with van der Waals surface area (Å²) >= 11 is 0. The second-order valence-corrected chi connectivity index (χ2v) is 8.63. The van der Waals surface area contributed by atoms with E-state index in [4.69, 9.17) is 9.72 Å². The summed E-state index contributed by atoms with van der Waals surface area (Å²) in [7, 11) is 0. The number of carbonyl (C=O) groups excluding carboxylic acids is 1. The Morgan fingerprint density at radius 1 is 0.935 bits per heavy atom. The van der Waals surface area contributed by atoms with Crippen LogP contribution in [0.2, 0.25) is 0 Å². The van der Waals surface area contributed by atoms with Crippen LogP contribution in [0.25, 0.3) is 10.9 Å². The van der Waals surface area contributed by atoms with Crippen molar-refractivity contribution in [2.75, 3.05) is 37.7 Å². The highest BCUT2D eigenvalue weighted by Crippen LogP contribution is 2.26. The molecule has 1 fully saturated rings. The second kappa shape index (κ2) is 8.58. The smallest absolute Gasteiger partial charge is 0.260 e. The van der Waals surface area contributed by atoms with Gasteiger partial charge in [-0.1, -0.05) is 24.3 Å². The first-order valence-electron chi connectivity index (χ1n) is 10.9. The summed E-state index contributed by atoms with van der Waals surface area (Å²) in [5.74, 6) is 1.83. The predicted molar refractivity (Wildman–Crippen MR) is 126 cm³/mol. The molecule has 0 aliphatic carbocycles. The average Bonchev–Trinajstić information content (AvgIpc) is 2.75. The number of aromatic nitrogens is 1. The van der Waals surface area contributed by atoms with Gasteiger partial charge in [0.2, 0.25) is 0 Å². The van der Waals surface area contributed by atoms with E-state index in [9.17, 15) is 4.79 Å². The number of hydrogen-bond acceptors (Lipinski definition) is 4. The third-order valence-corrected chi connectivity index (χ3v) is 6.31. The Morgan fingerprint density at radius 2 is 1.68 bits per heavy atom. The van der Waals surface area contributed by atoms with Crippen molar-refractivity contribution in [3.63, 3.8) is 0 Å². The van der Waals surface area contributed by atoms with E-state index in [0.717, 1.165) is 41.3 Å². The molecule has 162 valence electrons. The number of piperazine rings is 1. The molecule has 0 atom stereocenters. The molecule has 1 aliphatic heterocycles. The number of amides is 1. The lowest BCUT2D eigenvalue weighted by molar-refractivity contribution is -0.133. The molecule has 5 heteroatoms. The molecule has 0 bridgehead atoms. The third-order valence-electron chi connectivity index (χ3n) is 6.31. The molecule has 0 radical (unpaired) electrons. The molecule has 1 aliphatic rings. The van der Waals surface area contributed by atoms with Crippen LogP contribution in [0.1, 0.15) is 27.8 Å². The Balaban J connectivity index is 1.39. The van der Waals surface area contributed by atoms with Crippen molar-refractivity contribution in [3.05, 3.63) is 64.2 Å². The number of rotatable bonds is 4. The van der Waals surface area contributed by atoms with Gasteiger partial charge in [0.05, 0.1) is 5.52 Å². The fourth-order valence-corrected chi connectivity index (χ4v) is 4.27. The van der Waals surface area contributed by atoms with Gasteiger partial charge in [-0.2, -0.15) is 0 Å². The SMILES string of the molecule is Cc1cc(C)c(C)c(OCC(=O)N2CCN(c3cc(C)c4cccc(C)c4n3)CC2)c1. The molecule has 3 aromatic rings. The number of benzene rings is 2. The molecule has 5 nitrogen and oxygen atoms in total. The monoisotopic (exact) mass is 417 g/mol. The van der Waals surface area contributed by atoms with Gasteiger partial charge in [0.25, 0.3) is 5.91 Å². The normalized spacial score (nSPS) is 14.2. The van der Waals surface area contributed by atoms with Gasteiger partial charge in [-0.05, 0) is 74.6 Å². The molecule has 31 heavy (non-hydrogen) atoms. The molecule has 2 heterocycles. The quantitative estimate of drug-likeness (QED) is 0.627. The zero-order valence-electron chi connectivity index (χ0n) is 19.2. The molecule has 0 unspecified atom stereocenters. The number of para-hydroxylation sites is 1. The lowest BCUT2D eigenvalue weighted by atomic mass is 10.1. The molecule has 1 saturated heterocycles. The molecule has 4 rings (SSSR count). The van der Waals surface area contributed by atoms with Crippen LogP contribution in [-0.4, -0.2) is 48.6 Å². The van der Waals surface area contributed by atoms with Crippen LogP contribution in [0.5, 0.6) is 5.75 Å². The average molecular weight is 418 g/mol. The van der Waals surface area contributed by atoms with Crippen LogP contribution in [-0.2, 0) is 4.79 Å². The number of carbonyl (C=O) groups is 1. The topological polar surface area (TPSA) is 45.7 Å². The first kappa shape index (κ1) is 21.2. The molecule has 0 N–H and O–H groups in total. The fourth-order valence-electron chi connectivity index (χ4n) is 4.27. The summed E-state index contributed by atoms with van der Waals surface area (Å²) in [6, 6.07) is 12.6. The van der Waals surface area contributed by atoms with E-state index in [1.165, 1.54) is 22.1 Å². The van der Waals surface area contributed by atoms with Gasteiger partial charge < -0.3 is 14.5 Å². The summed E-state index contributed by atoms with van der Waals surface area (Å²) in [5.41, 5.74) is 6.91. The number of aryl methyl sites for hydroxylation is 4. The molecule has 1 aromatic heterocycles. The maximum Gasteiger partial charge on any atom is 0.260 e. The molecule has 0 saturated carbocycles. The number of fused-ring (bicyclic) bond motifs is 1. The minimum absolute atomic E-state index is 0.0386. The number of anilines is 1. The Labute approximate surface area is 184 Å². The van der Waals surface area contributed by atoms with E-state index in [-0.39, 0.29) is 12.5 Å². The van der Waals surface area contributed by atoms with Gasteiger partial charge >= 0.3 is 0 Å². The van der Waals surface area contributed by atoms with Gasteiger partial charge in [0.15, 0.2) is 6.61 Å². The van der Waals surface area contributed by atoms with Crippen molar-refractivity contribution < 1.29 is 9.53 Å². The predicted octanol–water partition coefficient (Wildman–Crippen LogP) is 4.50. The minimum Gasteiger partial charge on any atom is -0.483 e. The molecule has 0 spiro atoms. The van der Waals surface area contributed by atoms with Crippen molar-refractivity contribution in [1.29, 1.82) is 0 Å². The van der Waals surface area contributed by atoms with Crippen LogP contribution in [0.15, 0.2) is 36.4 Å². The van der Waals surface area contributed by atoms with Gasteiger partial charge in [-0.15, -0.1) is 0 Å². The van der Waals surface area contributed by atoms with Crippen LogP contribution in [0.3, 0.4) is 0 Å². The lowest BCUT2D eigenvalue weighted by Crippen LogP contribution is -2.50. The largest absolute Gasteiger partial charge is 0.483 e. The van der Waals surface area contributed by atoms with Gasteiger partial charge in [-0.3, -0.25) is 4.79 Å². The highest BCUT2D eigenvalue weighted by atomic mass is 16.5. The first-order valence-corrected chi connectivity index (χ1v) is 10.9. The van der Waals surface area contributed by atoms with Crippen molar-refractivity contribution in [1.82, 2.24) is 9.88 Å². The zero-order valence-corrected chi connectivity index (χ0v) is 19.2. The standard InChI is InChI=1S/C26H31N3O2/c1-17-13-19(3)21(5)23(14-17)31-16-25(30)29-11-9-28(10-12-29)24-15-20(4)22-8-6-7-18(2)26(22)27-24/h6-8,13-15H,9-12,16H2,1-5H3. The molecule has 2 aromatic carbocycles. The Hall–Kier alpha value is -3.08. The zero-order chi connectivity index (χ0) is 22.1. The van der Waals surface area contributed by atoms with Crippen LogP contribution in [0, 0.1) is 34.6 Å². The van der Waals surface area contributed by atoms with Crippen molar-refractivity contribution in [2.24, 2.45) is 0 Å². The van der Waals surface area contributed by atoms with E-state index in [2.05, 4.69) is 56.0 Å². The molecule has 1 amide bonds. The van der Waals surface area contributed by atoms with E-state index in [1.54, 1.807) is 0 Å². The maximum atomic E-state index is 12.7. The summed E-state index contributed by atoms with van der Waals surface area (Å²) in [6.07, 6.45) is 0. The molecular weight excluding hydrogens is 386 g/mol. The minimum atomic E-state index is 0.0386. The highest BCUT2D eigenvalue weighted by Gasteiger charge is 2.23. The maximum absolute atomic E-state index is 12.7. The summed E-state index contributed by atoms with van der Waals surface area (Å²) in [5, 5.41) is 1.20. The van der Waals surface area contributed by atoms with Crippen molar-refractivity contribution in [2.45, 2.75) is 34.6 Å². The second-order valence-electron chi connectivity index (χ2n) is 8.63. The van der Waals surface area contributed by atoms with Crippen molar-refractivity contribution >= 4 is 22.6 Å². The van der Waals surface area contributed by atoms with Crippen molar-refractivity contribution in [3.8, 4) is 5.75 Å². The van der Waals surface area contributed by atoms with Gasteiger partial charge in [0, 0.05) is 31.6 Å². The molecular formula is C26H31N3O2. The Morgan fingerprint density at radius 3 is 2.42 bits per heavy atom. The summed E-state index contributed by atoms with van der Waals surface area (Å²) in [4.78, 5) is 21.8. The third kappa shape index (κ3) is 4.36. The summed E-state index contributed by atoms with van der Waals surface area (Å²) < 4.78 is 5.88.